The fourth-order valence-corrected chi connectivity index (χ4v) is 11.1. The minimum absolute atomic E-state index is 0.150. The molecule has 0 bridgehead atoms. The van der Waals surface area contributed by atoms with Crippen molar-refractivity contribution in [2.24, 2.45) is 0 Å². The van der Waals surface area contributed by atoms with Gasteiger partial charge in [0.25, 0.3) is 0 Å². The van der Waals surface area contributed by atoms with Crippen molar-refractivity contribution >= 4 is 78.6 Å². The van der Waals surface area contributed by atoms with E-state index in [0.29, 0.717) is 0 Å². The molecule has 10 aromatic carbocycles. The number of hydrogen-bond acceptors (Lipinski definition) is 2. The van der Waals surface area contributed by atoms with Crippen LogP contribution >= 0.6 is 0 Å². The van der Waals surface area contributed by atoms with Crippen LogP contribution in [0.4, 0.5) is 34.1 Å². The number of nitrogens with zero attached hydrogens (tertiary/aromatic N) is 2. The van der Waals surface area contributed by atoms with Crippen LogP contribution in [0, 0.1) is 0 Å². The Hall–Kier alpha value is -7.68. The second kappa shape index (κ2) is 13.7. The van der Waals surface area contributed by atoms with Gasteiger partial charge in [-0.25, -0.2) is 0 Å². The zero-order valence-electron chi connectivity index (χ0n) is 35.4. The van der Waals surface area contributed by atoms with Crippen molar-refractivity contribution < 1.29 is 0 Å². The van der Waals surface area contributed by atoms with E-state index >= 15 is 0 Å². The second-order valence-electron chi connectivity index (χ2n) is 18.1. The monoisotopic (exact) mass is 804 g/mol. The standard InChI is InChI=1S/C61H44N2/c1-61(2)55-34-40(26-30-51(55)52-32-28-46(38-56(52)61)63-59-21-11-5-15-43(59)36-44-16-6-12-22-60(44)63)24-23-39-25-29-49-50-31-27-45(37-54(50)48-18-8-7-17-47(48)53(49)33-39)62-57-19-9-3-13-41(57)35-42-14-4-10-20-58(42)62/h3-34,37-38H,35-36H2,1-2H3. The third-order valence-corrected chi connectivity index (χ3v) is 14.2. The maximum Gasteiger partial charge on any atom is 0.0497 e. The molecule has 2 nitrogen and oxygen atoms in total. The SMILES string of the molecule is CC1(C)c2cc(C=Cc3ccc4c5ccc(N6c7ccccc7Cc7ccccc76)cc5c5ccccc5c4c3)ccc2-c2ccc(N3c4ccccc4Cc4ccccc43)cc21. The van der Waals surface area contributed by atoms with E-state index in [2.05, 4.69) is 230 Å². The summed E-state index contributed by atoms with van der Waals surface area (Å²) in [5.74, 6) is 0. The summed E-state index contributed by atoms with van der Waals surface area (Å²) < 4.78 is 0. The molecule has 0 saturated carbocycles. The van der Waals surface area contributed by atoms with Crippen molar-refractivity contribution in [3.63, 3.8) is 0 Å². The van der Waals surface area contributed by atoms with Crippen LogP contribution in [0.3, 0.4) is 0 Å². The summed E-state index contributed by atoms with van der Waals surface area (Å²) in [4.78, 5) is 4.91. The first-order valence-corrected chi connectivity index (χ1v) is 22.3. The molecule has 0 aromatic heterocycles. The quantitative estimate of drug-likeness (QED) is 0.129. The van der Waals surface area contributed by atoms with Gasteiger partial charge in [-0.1, -0.05) is 166 Å². The summed E-state index contributed by atoms with van der Waals surface area (Å²) in [7, 11) is 0. The molecule has 2 aliphatic heterocycles. The third kappa shape index (κ3) is 5.51. The molecule has 0 atom stereocenters. The van der Waals surface area contributed by atoms with Crippen LogP contribution in [-0.2, 0) is 18.3 Å². The molecule has 0 amide bonds. The number of rotatable bonds is 4. The molecule has 3 aliphatic rings. The molecule has 298 valence electrons. The first-order valence-electron chi connectivity index (χ1n) is 22.3. The van der Waals surface area contributed by atoms with Gasteiger partial charge in [0.1, 0.15) is 0 Å². The Morgan fingerprint density at radius 1 is 0.349 bits per heavy atom. The first kappa shape index (κ1) is 36.0. The smallest absolute Gasteiger partial charge is 0.0497 e. The predicted molar refractivity (Wildman–Crippen MR) is 267 cm³/mol. The van der Waals surface area contributed by atoms with Crippen molar-refractivity contribution in [1.82, 2.24) is 0 Å². The number of hydrogen-bond donors (Lipinski definition) is 0. The normalized spacial score (nSPS) is 14.4. The Kier molecular flexibility index (Phi) is 7.81. The molecule has 0 saturated heterocycles. The lowest BCUT2D eigenvalue weighted by atomic mass is 9.81. The van der Waals surface area contributed by atoms with E-state index in [0.717, 1.165) is 12.8 Å². The lowest BCUT2D eigenvalue weighted by molar-refractivity contribution is 0.660. The minimum Gasteiger partial charge on any atom is -0.310 e. The molecule has 0 unspecified atom stereocenters. The van der Waals surface area contributed by atoms with Crippen LogP contribution in [0.5, 0.6) is 0 Å². The Labute approximate surface area is 368 Å². The average Bonchev–Trinajstić information content (AvgIpc) is 3.56. The highest BCUT2D eigenvalue weighted by Gasteiger charge is 2.37. The summed E-state index contributed by atoms with van der Waals surface area (Å²) in [5, 5.41) is 7.66. The second-order valence-corrected chi connectivity index (χ2v) is 18.1. The van der Waals surface area contributed by atoms with E-state index in [1.807, 2.05) is 0 Å². The fourth-order valence-electron chi connectivity index (χ4n) is 11.1. The highest BCUT2D eigenvalue weighted by molar-refractivity contribution is 6.26. The summed E-state index contributed by atoms with van der Waals surface area (Å²) in [6.45, 7) is 4.78. The molecular weight excluding hydrogens is 761 g/mol. The summed E-state index contributed by atoms with van der Waals surface area (Å²) in [6, 6.07) is 72.5. The molecule has 10 aromatic rings. The van der Waals surface area contributed by atoms with Gasteiger partial charge in [-0.15, -0.1) is 0 Å². The molecule has 0 radical (unpaired) electrons. The Bertz CT molecular complexity index is 3460. The van der Waals surface area contributed by atoms with Crippen molar-refractivity contribution in [1.29, 1.82) is 0 Å². The number of para-hydroxylation sites is 4. The highest BCUT2D eigenvalue weighted by Crippen LogP contribution is 2.52. The van der Waals surface area contributed by atoms with Crippen LogP contribution in [0.2, 0.25) is 0 Å². The van der Waals surface area contributed by atoms with Crippen molar-refractivity contribution in [2.75, 3.05) is 9.80 Å². The van der Waals surface area contributed by atoms with Gasteiger partial charge in [-0.05, 0) is 143 Å². The minimum atomic E-state index is -0.150. The van der Waals surface area contributed by atoms with Gasteiger partial charge in [0.15, 0.2) is 0 Å². The van der Waals surface area contributed by atoms with Crippen LogP contribution in [-0.4, -0.2) is 0 Å². The molecule has 0 spiro atoms. The van der Waals surface area contributed by atoms with Crippen LogP contribution < -0.4 is 9.80 Å². The molecular formula is C61H44N2. The van der Waals surface area contributed by atoms with Crippen molar-refractivity contribution in [3.8, 4) is 11.1 Å². The van der Waals surface area contributed by atoms with Gasteiger partial charge in [-0.3, -0.25) is 0 Å². The lowest BCUT2D eigenvalue weighted by Gasteiger charge is -2.34. The molecule has 2 heteroatoms. The third-order valence-electron chi connectivity index (χ3n) is 14.2. The molecule has 13 rings (SSSR count). The topological polar surface area (TPSA) is 6.48 Å². The molecule has 2 heterocycles. The van der Waals surface area contributed by atoms with Gasteiger partial charge in [0.2, 0.25) is 0 Å². The van der Waals surface area contributed by atoms with Gasteiger partial charge in [0.05, 0.1) is 0 Å². The Morgan fingerprint density at radius 3 is 1.29 bits per heavy atom. The van der Waals surface area contributed by atoms with E-state index < -0.39 is 0 Å². The van der Waals surface area contributed by atoms with Crippen LogP contribution in [0.25, 0.3) is 55.6 Å². The zero-order valence-corrected chi connectivity index (χ0v) is 35.4. The van der Waals surface area contributed by atoms with Crippen LogP contribution in [0.1, 0.15) is 58.4 Å². The first-order chi connectivity index (χ1) is 31.0. The van der Waals surface area contributed by atoms with Gasteiger partial charge in [0, 0.05) is 52.4 Å². The van der Waals surface area contributed by atoms with Crippen LogP contribution in [0.15, 0.2) is 194 Å². The molecule has 63 heavy (non-hydrogen) atoms. The molecule has 0 N–H and O–H groups in total. The Morgan fingerprint density at radius 2 is 0.730 bits per heavy atom. The number of benzene rings is 10. The fraction of sp³-hybridized carbons (Fsp3) is 0.0820. The maximum absolute atomic E-state index is 2.46. The largest absolute Gasteiger partial charge is 0.310 e. The van der Waals surface area contributed by atoms with E-state index in [-0.39, 0.29) is 5.41 Å². The van der Waals surface area contributed by atoms with Crippen molar-refractivity contribution in [3.05, 3.63) is 239 Å². The van der Waals surface area contributed by atoms with Crippen molar-refractivity contribution in [2.45, 2.75) is 32.1 Å². The molecule has 1 aliphatic carbocycles. The van der Waals surface area contributed by atoms with E-state index in [1.54, 1.807) is 0 Å². The summed E-state index contributed by atoms with van der Waals surface area (Å²) in [5.41, 5.74) is 20.6. The van der Waals surface area contributed by atoms with E-state index in [9.17, 15) is 0 Å². The predicted octanol–water partition coefficient (Wildman–Crippen LogP) is 16.4. The van der Waals surface area contributed by atoms with E-state index in [1.165, 1.54) is 122 Å². The van der Waals surface area contributed by atoms with Gasteiger partial charge < -0.3 is 9.80 Å². The Balaban J connectivity index is 0.849. The summed E-state index contributed by atoms with van der Waals surface area (Å²) in [6.07, 6.45) is 6.48. The maximum atomic E-state index is 2.46. The highest BCUT2D eigenvalue weighted by atomic mass is 15.2. The summed E-state index contributed by atoms with van der Waals surface area (Å²) >= 11 is 0. The van der Waals surface area contributed by atoms with E-state index in [4.69, 9.17) is 0 Å². The molecule has 0 fully saturated rings. The number of fused-ring (bicyclic) bond motifs is 13. The number of anilines is 6. The van der Waals surface area contributed by atoms with Gasteiger partial charge in [-0.2, -0.15) is 0 Å². The lowest BCUT2D eigenvalue weighted by Crippen LogP contribution is -2.20. The zero-order chi connectivity index (χ0) is 41.8. The van der Waals surface area contributed by atoms with Gasteiger partial charge >= 0.3 is 0 Å². The average molecular weight is 805 g/mol.